The summed E-state index contributed by atoms with van der Waals surface area (Å²) >= 11 is 0. The van der Waals surface area contributed by atoms with Crippen molar-refractivity contribution in [3.8, 4) is 0 Å². The van der Waals surface area contributed by atoms with Gasteiger partial charge in [0.15, 0.2) is 0 Å². The molecule has 40 heavy (non-hydrogen) atoms. The minimum absolute atomic E-state index is 0.129. The highest BCUT2D eigenvalue weighted by Crippen LogP contribution is 2.60. The molecule has 4 fully saturated rings. The zero-order valence-corrected chi connectivity index (χ0v) is 24.5. The van der Waals surface area contributed by atoms with Gasteiger partial charge in [0, 0.05) is 17.3 Å². The molecule has 2 bridgehead atoms. The molecule has 5 aliphatic rings. The van der Waals surface area contributed by atoms with Crippen LogP contribution in [0.2, 0.25) is 0 Å². The average Bonchev–Trinajstić information content (AvgIpc) is 3.49. The van der Waals surface area contributed by atoms with Crippen LogP contribution in [0.25, 0.3) is 0 Å². The molecule has 2 saturated heterocycles. The minimum Gasteiger partial charge on any atom is -0.356 e. The summed E-state index contributed by atoms with van der Waals surface area (Å²) in [6.45, 7) is 7.69. The van der Waals surface area contributed by atoms with E-state index in [4.69, 9.17) is 4.74 Å². The van der Waals surface area contributed by atoms with E-state index >= 15 is 0 Å². The Labute approximate surface area is 238 Å². The molecule has 7 heteroatoms. The van der Waals surface area contributed by atoms with Crippen molar-refractivity contribution in [2.75, 3.05) is 4.90 Å². The van der Waals surface area contributed by atoms with Crippen LogP contribution >= 0.6 is 0 Å². The monoisotopic (exact) mass is 547 g/mol. The van der Waals surface area contributed by atoms with E-state index in [-0.39, 0.29) is 23.8 Å². The Morgan fingerprint density at radius 3 is 2.15 bits per heavy atom. The molecule has 2 aliphatic carbocycles. The number of hydrogen-bond acceptors (Lipinski definition) is 4. The van der Waals surface area contributed by atoms with Gasteiger partial charge in [-0.2, -0.15) is 0 Å². The second-order valence-corrected chi connectivity index (χ2v) is 14.0. The number of nitrogens with one attached hydrogen (secondary N) is 2. The molecule has 3 heterocycles. The molecule has 2 saturated carbocycles. The molecular formula is C33H45N3O4. The van der Waals surface area contributed by atoms with Crippen LogP contribution in [0.5, 0.6) is 0 Å². The molecular weight excluding hydrogens is 502 g/mol. The van der Waals surface area contributed by atoms with Crippen LogP contribution in [-0.4, -0.2) is 46.5 Å². The van der Waals surface area contributed by atoms with Gasteiger partial charge in [-0.25, -0.2) is 0 Å². The maximum Gasteiger partial charge on any atom is 0.246 e. The van der Waals surface area contributed by atoms with Crippen molar-refractivity contribution < 1.29 is 19.1 Å². The summed E-state index contributed by atoms with van der Waals surface area (Å²) in [6.07, 6.45) is 15.3. The van der Waals surface area contributed by atoms with Crippen LogP contribution < -0.4 is 15.5 Å². The van der Waals surface area contributed by atoms with Gasteiger partial charge in [0.1, 0.15) is 11.6 Å². The first-order valence-corrected chi connectivity index (χ1v) is 15.5. The summed E-state index contributed by atoms with van der Waals surface area (Å²) in [5.41, 5.74) is -0.653. The number of ether oxygens (including phenoxy) is 1. The maximum absolute atomic E-state index is 14.4. The number of carbonyl (C=O) groups is 3. The average molecular weight is 548 g/mol. The number of amides is 3. The third-order valence-corrected chi connectivity index (χ3v) is 9.93. The Hall–Kier alpha value is -2.67. The van der Waals surface area contributed by atoms with Crippen molar-refractivity contribution in [2.24, 2.45) is 11.8 Å². The van der Waals surface area contributed by atoms with Crippen molar-refractivity contribution in [2.45, 2.75) is 127 Å². The van der Waals surface area contributed by atoms with Gasteiger partial charge in [0.2, 0.25) is 17.7 Å². The van der Waals surface area contributed by atoms with Crippen LogP contribution in [0.3, 0.4) is 0 Å². The SMILES string of the molecule is CC(C)(C)NC(=O)[C@@H]1N(c2ccc(C3CCCCC3)cc2)C(=O)[C@@H]2[C@@H](C(=O)NC3CCCCC3)[C@@]3(C)C=C[C@]21O3. The van der Waals surface area contributed by atoms with E-state index < -0.39 is 34.6 Å². The zero-order valence-electron chi connectivity index (χ0n) is 24.5. The van der Waals surface area contributed by atoms with Crippen LogP contribution in [-0.2, 0) is 19.1 Å². The van der Waals surface area contributed by atoms with E-state index in [9.17, 15) is 14.4 Å². The maximum atomic E-state index is 14.4. The zero-order chi connectivity index (χ0) is 28.3. The highest BCUT2D eigenvalue weighted by Gasteiger charge is 2.76. The van der Waals surface area contributed by atoms with Crippen molar-refractivity contribution in [3.05, 3.63) is 42.0 Å². The summed E-state index contributed by atoms with van der Waals surface area (Å²) in [5, 5.41) is 6.37. The smallest absolute Gasteiger partial charge is 0.246 e. The molecule has 0 aromatic heterocycles. The number of anilines is 1. The fourth-order valence-corrected chi connectivity index (χ4v) is 8.13. The fourth-order valence-electron chi connectivity index (χ4n) is 8.13. The van der Waals surface area contributed by atoms with E-state index in [1.807, 2.05) is 52.0 Å². The molecule has 0 unspecified atom stereocenters. The Bertz CT molecular complexity index is 1190. The van der Waals surface area contributed by atoms with Gasteiger partial charge in [-0.05, 0) is 77.0 Å². The Morgan fingerprint density at radius 2 is 1.52 bits per heavy atom. The minimum atomic E-state index is -1.20. The first-order valence-electron chi connectivity index (χ1n) is 15.5. The quantitative estimate of drug-likeness (QED) is 0.500. The lowest BCUT2D eigenvalue weighted by Crippen LogP contribution is -2.58. The van der Waals surface area contributed by atoms with Crippen LogP contribution in [0.15, 0.2) is 36.4 Å². The Morgan fingerprint density at radius 1 is 0.900 bits per heavy atom. The summed E-state index contributed by atoms with van der Waals surface area (Å²) < 4.78 is 6.69. The molecule has 1 aromatic rings. The number of carbonyl (C=O) groups excluding carboxylic acids is 3. The molecule has 0 radical (unpaired) electrons. The van der Waals surface area contributed by atoms with E-state index in [0.717, 1.165) is 25.7 Å². The molecule has 3 amide bonds. The van der Waals surface area contributed by atoms with Crippen molar-refractivity contribution in [1.29, 1.82) is 0 Å². The van der Waals surface area contributed by atoms with Gasteiger partial charge in [-0.15, -0.1) is 0 Å². The lowest BCUT2D eigenvalue weighted by Gasteiger charge is -2.35. The molecule has 216 valence electrons. The molecule has 3 aliphatic heterocycles. The third kappa shape index (κ3) is 4.58. The van der Waals surface area contributed by atoms with Crippen LogP contribution in [0.1, 0.15) is 103 Å². The molecule has 7 nitrogen and oxygen atoms in total. The first-order chi connectivity index (χ1) is 19.0. The van der Waals surface area contributed by atoms with Gasteiger partial charge < -0.3 is 15.4 Å². The van der Waals surface area contributed by atoms with Gasteiger partial charge in [0.05, 0.1) is 17.4 Å². The standard InChI is InChI=1S/C33H45N3O4/c1-31(2,3)35-29(38)27-33-20-19-32(4,40-33)25(28(37)34-23-13-9-6-10-14-23)26(33)30(39)36(27)24-17-15-22(16-18-24)21-11-7-5-8-12-21/h15-21,23,25-27H,5-14H2,1-4H3,(H,34,37)(H,35,38)/t25-,26-,27-,32+,33-/m0/s1. The second-order valence-electron chi connectivity index (χ2n) is 14.0. The summed E-state index contributed by atoms with van der Waals surface area (Å²) in [7, 11) is 0. The predicted octanol–water partition coefficient (Wildman–Crippen LogP) is 5.14. The van der Waals surface area contributed by atoms with Gasteiger partial charge in [-0.3, -0.25) is 19.3 Å². The number of nitrogens with zero attached hydrogens (tertiary/aromatic N) is 1. The molecule has 5 atom stereocenters. The highest BCUT2D eigenvalue weighted by molar-refractivity contribution is 6.10. The van der Waals surface area contributed by atoms with E-state index in [0.29, 0.717) is 11.6 Å². The highest BCUT2D eigenvalue weighted by atomic mass is 16.5. The topological polar surface area (TPSA) is 87.7 Å². The molecule has 1 spiro atoms. The number of hydrogen-bond donors (Lipinski definition) is 2. The molecule has 2 N–H and O–H groups in total. The number of fused-ring (bicyclic) bond motifs is 1. The normalized spacial score (nSPS) is 34.2. The van der Waals surface area contributed by atoms with Gasteiger partial charge in [0.25, 0.3) is 0 Å². The molecule has 1 aromatic carbocycles. The second kappa shape index (κ2) is 10.0. The summed E-state index contributed by atoms with van der Waals surface area (Å²) in [4.78, 5) is 43.9. The van der Waals surface area contributed by atoms with E-state index in [2.05, 4.69) is 22.8 Å². The number of rotatable bonds is 5. The van der Waals surface area contributed by atoms with E-state index in [1.54, 1.807) is 4.90 Å². The van der Waals surface area contributed by atoms with Crippen molar-refractivity contribution >= 4 is 23.4 Å². The van der Waals surface area contributed by atoms with Crippen LogP contribution in [0, 0.1) is 11.8 Å². The number of benzene rings is 1. The van der Waals surface area contributed by atoms with E-state index in [1.165, 1.54) is 44.1 Å². The third-order valence-electron chi connectivity index (χ3n) is 9.93. The lowest BCUT2D eigenvalue weighted by atomic mass is 9.70. The first kappa shape index (κ1) is 27.5. The summed E-state index contributed by atoms with van der Waals surface area (Å²) in [5.74, 6) is -1.52. The van der Waals surface area contributed by atoms with Crippen molar-refractivity contribution in [1.82, 2.24) is 10.6 Å². The largest absolute Gasteiger partial charge is 0.356 e. The fraction of sp³-hybridized carbons (Fsp3) is 0.667. The summed E-state index contributed by atoms with van der Waals surface area (Å²) in [6, 6.07) is 7.41. The lowest BCUT2D eigenvalue weighted by molar-refractivity contribution is -0.135. The predicted molar refractivity (Wildman–Crippen MR) is 155 cm³/mol. The van der Waals surface area contributed by atoms with Crippen molar-refractivity contribution in [3.63, 3.8) is 0 Å². The van der Waals surface area contributed by atoms with Gasteiger partial charge in [-0.1, -0.05) is 62.8 Å². The molecule has 6 rings (SSSR count). The Balaban J connectivity index is 1.36. The van der Waals surface area contributed by atoms with Crippen LogP contribution in [0.4, 0.5) is 5.69 Å². The Kier molecular flexibility index (Phi) is 6.88. The van der Waals surface area contributed by atoms with Gasteiger partial charge >= 0.3 is 0 Å².